The van der Waals surface area contributed by atoms with Gasteiger partial charge in [0.1, 0.15) is 6.04 Å². The van der Waals surface area contributed by atoms with Crippen LogP contribution in [0.3, 0.4) is 0 Å². The minimum absolute atomic E-state index is 0.0361. The van der Waals surface area contributed by atoms with Crippen LogP contribution in [0.1, 0.15) is 25.7 Å². The van der Waals surface area contributed by atoms with Gasteiger partial charge in [-0.15, -0.1) is 0 Å². The molecule has 7 nitrogen and oxygen atoms in total. The Kier molecular flexibility index (Phi) is 4.59. The van der Waals surface area contributed by atoms with Crippen LogP contribution in [0.15, 0.2) is 35.4 Å². The smallest absolute Gasteiger partial charge is 0.326 e. The fourth-order valence-electron chi connectivity index (χ4n) is 2.66. The molecule has 0 bridgehead atoms. The first-order valence-electron chi connectivity index (χ1n) is 8.01. The van der Waals surface area contributed by atoms with Gasteiger partial charge in [-0.05, 0) is 24.5 Å². The number of aromatic nitrogens is 2. The standard InChI is InChI=1S/C17H19N3O4/c21-15(19-14(17(23)24)9-11-5-6-11)7-8-20-10-18-13-4-2-1-3-12(13)16(20)22/h1-4,10-11,14H,5-9H2,(H,19,21)(H,23,24). The highest BCUT2D eigenvalue weighted by Gasteiger charge is 2.30. The zero-order valence-corrected chi connectivity index (χ0v) is 13.1. The Bertz CT molecular complexity index is 826. The lowest BCUT2D eigenvalue weighted by molar-refractivity contribution is -0.142. The van der Waals surface area contributed by atoms with Crippen molar-refractivity contribution in [3.05, 3.63) is 40.9 Å². The summed E-state index contributed by atoms with van der Waals surface area (Å²) in [5, 5.41) is 12.2. The number of fused-ring (bicyclic) bond motifs is 1. The van der Waals surface area contributed by atoms with E-state index in [0.717, 1.165) is 12.8 Å². The highest BCUT2D eigenvalue weighted by molar-refractivity contribution is 5.83. The van der Waals surface area contributed by atoms with Gasteiger partial charge in [0.2, 0.25) is 5.91 Å². The highest BCUT2D eigenvalue weighted by Crippen LogP contribution is 2.33. The Morgan fingerprint density at radius 1 is 1.33 bits per heavy atom. The van der Waals surface area contributed by atoms with E-state index in [1.807, 2.05) is 0 Å². The Hall–Kier alpha value is -2.70. The van der Waals surface area contributed by atoms with Crippen molar-refractivity contribution >= 4 is 22.8 Å². The van der Waals surface area contributed by atoms with Crippen molar-refractivity contribution < 1.29 is 14.7 Å². The van der Waals surface area contributed by atoms with Crippen LogP contribution < -0.4 is 10.9 Å². The molecule has 1 atom stereocenters. The fourth-order valence-corrected chi connectivity index (χ4v) is 2.66. The maximum Gasteiger partial charge on any atom is 0.326 e. The maximum atomic E-state index is 12.3. The molecule has 7 heteroatoms. The van der Waals surface area contributed by atoms with Gasteiger partial charge in [0, 0.05) is 13.0 Å². The number of nitrogens with zero attached hydrogens (tertiary/aromatic N) is 2. The topological polar surface area (TPSA) is 101 Å². The van der Waals surface area contributed by atoms with E-state index in [-0.39, 0.29) is 24.4 Å². The van der Waals surface area contributed by atoms with Crippen molar-refractivity contribution in [2.45, 2.75) is 38.3 Å². The van der Waals surface area contributed by atoms with Crippen LogP contribution in [0.4, 0.5) is 0 Å². The van der Waals surface area contributed by atoms with Crippen molar-refractivity contribution in [1.29, 1.82) is 0 Å². The molecule has 0 radical (unpaired) electrons. The molecule has 1 amide bonds. The van der Waals surface area contributed by atoms with E-state index < -0.39 is 12.0 Å². The van der Waals surface area contributed by atoms with Gasteiger partial charge in [-0.2, -0.15) is 0 Å². The Morgan fingerprint density at radius 3 is 2.79 bits per heavy atom. The number of aryl methyl sites for hydroxylation is 1. The summed E-state index contributed by atoms with van der Waals surface area (Å²) in [5.41, 5.74) is 0.403. The van der Waals surface area contributed by atoms with Crippen LogP contribution >= 0.6 is 0 Å². The van der Waals surface area contributed by atoms with Crippen LogP contribution in [0, 0.1) is 5.92 Å². The van der Waals surface area contributed by atoms with E-state index in [4.69, 9.17) is 5.11 Å². The minimum atomic E-state index is -1.01. The van der Waals surface area contributed by atoms with E-state index in [1.54, 1.807) is 24.3 Å². The average Bonchev–Trinajstić information content (AvgIpc) is 3.38. The van der Waals surface area contributed by atoms with Gasteiger partial charge in [-0.1, -0.05) is 25.0 Å². The first-order valence-corrected chi connectivity index (χ1v) is 8.01. The maximum absolute atomic E-state index is 12.3. The Labute approximate surface area is 138 Å². The molecule has 24 heavy (non-hydrogen) atoms. The first-order chi connectivity index (χ1) is 11.5. The number of carbonyl (C=O) groups is 2. The fraction of sp³-hybridized carbons (Fsp3) is 0.412. The molecule has 1 saturated carbocycles. The van der Waals surface area contributed by atoms with Crippen LogP contribution in [-0.2, 0) is 16.1 Å². The number of hydrogen-bond acceptors (Lipinski definition) is 4. The summed E-state index contributed by atoms with van der Waals surface area (Å²) >= 11 is 0. The minimum Gasteiger partial charge on any atom is -0.480 e. The van der Waals surface area contributed by atoms with Crippen molar-refractivity contribution in [2.24, 2.45) is 5.92 Å². The van der Waals surface area contributed by atoms with Gasteiger partial charge in [-0.25, -0.2) is 9.78 Å². The Balaban J connectivity index is 1.62. The molecular weight excluding hydrogens is 310 g/mol. The van der Waals surface area contributed by atoms with Gasteiger partial charge in [0.15, 0.2) is 0 Å². The lowest BCUT2D eigenvalue weighted by atomic mass is 10.1. The zero-order valence-electron chi connectivity index (χ0n) is 13.1. The molecule has 126 valence electrons. The molecule has 1 fully saturated rings. The van der Waals surface area contributed by atoms with Crippen molar-refractivity contribution in [1.82, 2.24) is 14.9 Å². The summed E-state index contributed by atoms with van der Waals surface area (Å²) in [4.78, 5) is 39.7. The Morgan fingerprint density at radius 2 is 2.08 bits per heavy atom. The molecule has 0 saturated heterocycles. The van der Waals surface area contributed by atoms with Gasteiger partial charge >= 0.3 is 5.97 Å². The summed E-state index contributed by atoms with van der Waals surface area (Å²) in [7, 11) is 0. The molecule has 3 rings (SSSR count). The SMILES string of the molecule is O=C(CCn1cnc2ccccc2c1=O)NC(CC1CC1)C(=O)O. The molecule has 0 spiro atoms. The van der Waals surface area contributed by atoms with E-state index >= 15 is 0 Å². The predicted octanol–water partition coefficient (Wildman–Crippen LogP) is 1.16. The third kappa shape index (κ3) is 3.79. The summed E-state index contributed by atoms with van der Waals surface area (Å²) < 4.78 is 1.37. The second kappa shape index (κ2) is 6.82. The third-order valence-electron chi connectivity index (χ3n) is 4.21. The van der Waals surface area contributed by atoms with E-state index in [0.29, 0.717) is 23.2 Å². The monoisotopic (exact) mass is 329 g/mol. The molecule has 1 unspecified atom stereocenters. The van der Waals surface area contributed by atoms with E-state index in [9.17, 15) is 14.4 Å². The predicted molar refractivity (Wildman–Crippen MR) is 87.5 cm³/mol. The van der Waals surface area contributed by atoms with E-state index in [2.05, 4.69) is 10.3 Å². The summed E-state index contributed by atoms with van der Waals surface area (Å²) in [6.07, 6.45) is 3.97. The molecule has 0 aliphatic heterocycles. The van der Waals surface area contributed by atoms with Gasteiger partial charge in [-0.3, -0.25) is 14.2 Å². The number of carboxylic acids is 1. The van der Waals surface area contributed by atoms with Crippen LogP contribution in [0.2, 0.25) is 0 Å². The van der Waals surface area contributed by atoms with Crippen LogP contribution in [-0.4, -0.2) is 32.6 Å². The third-order valence-corrected chi connectivity index (χ3v) is 4.21. The number of hydrogen-bond donors (Lipinski definition) is 2. The van der Waals surface area contributed by atoms with Gasteiger partial charge in [0.05, 0.1) is 17.2 Å². The molecule has 1 aliphatic rings. The number of nitrogens with one attached hydrogen (secondary N) is 1. The quantitative estimate of drug-likeness (QED) is 0.793. The average molecular weight is 329 g/mol. The van der Waals surface area contributed by atoms with Crippen LogP contribution in [0.5, 0.6) is 0 Å². The summed E-state index contributed by atoms with van der Waals surface area (Å²) in [6, 6.07) is 6.16. The lowest BCUT2D eigenvalue weighted by Crippen LogP contribution is -2.41. The number of rotatable bonds is 7. The lowest BCUT2D eigenvalue weighted by Gasteiger charge is -2.14. The number of carboxylic acid groups (broad SMARTS) is 1. The zero-order chi connectivity index (χ0) is 17.1. The molecule has 1 aromatic carbocycles. The number of aliphatic carboxylic acids is 1. The van der Waals surface area contributed by atoms with Crippen molar-refractivity contribution in [2.75, 3.05) is 0 Å². The second-order valence-electron chi connectivity index (χ2n) is 6.15. The summed E-state index contributed by atoms with van der Waals surface area (Å²) in [5.74, 6) is -0.985. The number of carbonyl (C=O) groups excluding carboxylic acids is 1. The van der Waals surface area contributed by atoms with Gasteiger partial charge < -0.3 is 10.4 Å². The molecule has 1 heterocycles. The van der Waals surface area contributed by atoms with E-state index in [1.165, 1.54) is 10.9 Å². The largest absolute Gasteiger partial charge is 0.480 e. The van der Waals surface area contributed by atoms with Crippen molar-refractivity contribution in [3.63, 3.8) is 0 Å². The molecular formula is C17H19N3O4. The molecule has 1 aromatic heterocycles. The molecule has 2 aromatic rings. The first kappa shape index (κ1) is 16.2. The summed E-state index contributed by atoms with van der Waals surface area (Å²) in [6.45, 7) is 0.165. The second-order valence-corrected chi connectivity index (χ2v) is 6.15. The van der Waals surface area contributed by atoms with Gasteiger partial charge in [0.25, 0.3) is 5.56 Å². The van der Waals surface area contributed by atoms with Crippen LogP contribution in [0.25, 0.3) is 10.9 Å². The van der Waals surface area contributed by atoms with Crippen molar-refractivity contribution in [3.8, 4) is 0 Å². The molecule has 2 N–H and O–H groups in total. The number of benzene rings is 1. The number of amides is 1. The highest BCUT2D eigenvalue weighted by atomic mass is 16.4. The normalized spacial score (nSPS) is 15.2. The molecule has 1 aliphatic carbocycles. The number of para-hydroxylation sites is 1.